The molecule has 2 heterocycles. The van der Waals surface area contributed by atoms with E-state index in [-0.39, 0.29) is 22.6 Å². The van der Waals surface area contributed by atoms with Crippen molar-refractivity contribution in [3.63, 3.8) is 0 Å². The lowest BCUT2D eigenvalue weighted by Crippen LogP contribution is -2.46. The molecule has 2 rings (SSSR count). The van der Waals surface area contributed by atoms with Gasteiger partial charge in [-0.1, -0.05) is 38.6 Å². The minimum Gasteiger partial charge on any atom is -0.410 e. The van der Waals surface area contributed by atoms with Gasteiger partial charge in [0.05, 0.1) is 10.6 Å². The molecule has 0 bridgehead atoms. The minimum absolute atomic E-state index is 0.0277. The van der Waals surface area contributed by atoms with Gasteiger partial charge >= 0.3 is 0 Å². The summed E-state index contributed by atoms with van der Waals surface area (Å²) in [5.41, 5.74) is -0.0844. The average molecular weight is 354 g/mol. The molecule has 2 aromatic heterocycles. The Morgan fingerprint density at radius 3 is 2.65 bits per heavy atom. The van der Waals surface area contributed by atoms with E-state index < -0.39 is 0 Å². The van der Waals surface area contributed by atoms with E-state index in [1.165, 1.54) is 11.8 Å². The van der Waals surface area contributed by atoms with Crippen molar-refractivity contribution in [2.75, 3.05) is 5.75 Å². The third kappa shape index (κ3) is 5.99. The van der Waals surface area contributed by atoms with Crippen molar-refractivity contribution in [1.82, 2.24) is 15.5 Å². The van der Waals surface area contributed by atoms with E-state index >= 15 is 0 Å². The number of rotatable bonds is 6. The summed E-state index contributed by atoms with van der Waals surface area (Å²) in [6, 6.07) is 3.86. The predicted molar refractivity (Wildman–Crippen MR) is 94.6 cm³/mol. The monoisotopic (exact) mass is 353 g/mol. The summed E-state index contributed by atoms with van der Waals surface area (Å²) >= 11 is 2.80. The quantitative estimate of drug-likeness (QED) is 0.788. The molecular weight excluding hydrogens is 330 g/mol. The van der Waals surface area contributed by atoms with Crippen LogP contribution in [0, 0.1) is 5.41 Å². The molecule has 126 valence electrons. The van der Waals surface area contributed by atoms with Crippen molar-refractivity contribution >= 4 is 29.0 Å². The van der Waals surface area contributed by atoms with Crippen molar-refractivity contribution < 1.29 is 9.21 Å². The van der Waals surface area contributed by atoms with Crippen LogP contribution in [0.15, 0.2) is 27.2 Å². The zero-order chi connectivity index (χ0) is 17.1. The Kier molecular flexibility index (Phi) is 5.52. The van der Waals surface area contributed by atoms with Crippen molar-refractivity contribution in [2.24, 2.45) is 5.41 Å². The third-order valence-electron chi connectivity index (χ3n) is 2.92. The molecule has 0 atom stereocenters. The van der Waals surface area contributed by atoms with Crippen LogP contribution in [-0.4, -0.2) is 27.4 Å². The van der Waals surface area contributed by atoms with Crippen LogP contribution in [0.5, 0.6) is 0 Å². The van der Waals surface area contributed by atoms with E-state index in [2.05, 4.69) is 36.3 Å². The highest BCUT2D eigenvalue weighted by molar-refractivity contribution is 7.99. The van der Waals surface area contributed by atoms with Gasteiger partial charge in [-0.25, -0.2) is 0 Å². The van der Waals surface area contributed by atoms with Crippen molar-refractivity contribution in [1.29, 1.82) is 0 Å². The number of thioether (sulfide) groups is 1. The van der Waals surface area contributed by atoms with E-state index in [0.717, 1.165) is 11.3 Å². The summed E-state index contributed by atoms with van der Waals surface area (Å²) in [7, 11) is 0. The molecule has 5 nitrogen and oxygen atoms in total. The molecule has 0 spiro atoms. The first-order valence-electron chi connectivity index (χ1n) is 7.46. The smallest absolute Gasteiger partial charge is 0.277 e. The van der Waals surface area contributed by atoms with Gasteiger partial charge in [-0.2, -0.15) is 0 Å². The fraction of sp³-hybridized carbons (Fsp3) is 0.562. The van der Waals surface area contributed by atoms with E-state index in [9.17, 15) is 4.79 Å². The fourth-order valence-electron chi connectivity index (χ4n) is 2.68. The summed E-state index contributed by atoms with van der Waals surface area (Å²) in [5, 5.41) is 13.4. The number of aromatic nitrogens is 2. The SMILES string of the molecule is CC(C)(C)CC(C)(C)NC(=O)CSc1nnc(-c2cccs2)o1. The molecule has 0 unspecified atom stereocenters. The van der Waals surface area contributed by atoms with Gasteiger partial charge in [0.1, 0.15) is 0 Å². The molecule has 0 saturated heterocycles. The second kappa shape index (κ2) is 7.05. The number of nitrogens with zero attached hydrogens (tertiary/aromatic N) is 2. The van der Waals surface area contributed by atoms with Crippen LogP contribution >= 0.6 is 23.1 Å². The lowest BCUT2D eigenvalue weighted by Gasteiger charge is -2.33. The first-order valence-corrected chi connectivity index (χ1v) is 9.32. The summed E-state index contributed by atoms with van der Waals surface area (Å²) in [6.45, 7) is 10.6. The number of amides is 1. The molecule has 1 amide bonds. The normalized spacial score (nSPS) is 12.4. The van der Waals surface area contributed by atoms with Gasteiger partial charge in [0, 0.05) is 5.54 Å². The van der Waals surface area contributed by atoms with E-state index in [0.29, 0.717) is 11.1 Å². The maximum atomic E-state index is 12.1. The van der Waals surface area contributed by atoms with Gasteiger partial charge in [0.25, 0.3) is 11.1 Å². The van der Waals surface area contributed by atoms with Gasteiger partial charge in [0.15, 0.2) is 0 Å². The second-order valence-corrected chi connectivity index (χ2v) is 9.18. The zero-order valence-corrected chi connectivity index (χ0v) is 15.8. The fourth-order valence-corrected chi connectivity index (χ4v) is 3.89. The molecule has 0 saturated carbocycles. The number of hydrogen-bond acceptors (Lipinski definition) is 6. The van der Waals surface area contributed by atoms with Crippen LogP contribution in [0.2, 0.25) is 0 Å². The standard InChI is InChI=1S/C16H23N3O2S2/c1-15(2,3)10-16(4,5)17-12(20)9-23-14-19-18-13(21-14)11-7-6-8-22-11/h6-8H,9-10H2,1-5H3,(H,17,20). The Labute approximate surface area is 145 Å². The number of carbonyl (C=O) groups is 1. The number of nitrogens with one attached hydrogen (secondary N) is 1. The highest BCUT2D eigenvalue weighted by Crippen LogP contribution is 2.28. The molecule has 0 fully saturated rings. The maximum Gasteiger partial charge on any atom is 0.277 e. The van der Waals surface area contributed by atoms with Crippen LogP contribution in [0.4, 0.5) is 0 Å². The lowest BCUT2D eigenvalue weighted by molar-refractivity contribution is -0.120. The van der Waals surface area contributed by atoms with Crippen LogP contribution < -0.4 is 5.32 Å². The van der Waals surface area contributed by atoms with Gasteiger partial charge in [-0.15, -0.1) is 21.5 Å². The summed E-state index contributed by atoms with van der Waals surface area (Å²) in [6.07, 6.45) is 0.902. The molecule has 0 aromatic carbocycles. The van der Waals surface area contributed by atoms with Crippen LogP contribution in [-0.2, 0) is 4.79 Å². The maximum absolute atomic E-state index is 12.1. The third-order valence-corrected chi connectivity index (χ3v) is 4.59. The van der Waals surface area contributed by atoms with Crippen molar-refractivity contribution in [3.05, 3.63) is 17.5 Å². The Morgan fingerprint density at radius 2 is 2.04 bits per heavy atom. The van der Waals surface area contributed by atoms with Crippen LogP contribution in [0.1, 0.15) is 41.0 Å². The Balaban J connectivity index is 1.85. The minimum atomic E-state index is -0.243. The zero-order valence-electron chi connectivity index (χ0n) is 14.2. The molecule has 1 N–H and O–H groups in total. The summed E-state index contributed by atoms with van der Waals surface area (Å²) in [5.74, 6) is 0.732. The summed E-state index contributed by atoms with van der Waals surface area (Å²) < 4.78 is 5.56. The molecule has 2 aromatic rings. The first-order chi connectivity index (χ1) is 10.6. The molecular formula is C16H23N3O2S2. The average Bonchev–Trinajstić information content (AvgIpc) is 3.03. The largest absolute Gasteiger partial charge is 0.410 e. The predicted octanol–water partition coefficient (Wildman–Crippen LogP) is 4.22. The van der Waals surface area contributed by atoms with Gasteiger partial charge in [-0.05, 0) is 37.1 Å². The molecule has 7 heteroatoms. The second-order valence-electron chi connectivity index (χ2n) is 7.31. The Morgan fingerprint density at radius 1 is 1.30 bits per heavy atom. The summed E-state index contributed by atoms with van der Waals surface area (Å²) in [4.78, 5) is 13.1. The van der Waals surface area contributed by atoms with Gasteiger partial charge < -0.3 is 9.73 Å². The van der Waals surface area contributed by atoms with E-state index in [1.807, 2.05) is 31.4 Å². The number of carbonyl (C=O) groups excluding carboxylic acids is 1. The van der Waals surface area contributed by atoms with Gasteiger partial charge in [0.2, 0.25) is 5.91 Å². The van der Waals surface area contributed by atoms with E-state index in [1.54, 1.807) is 11.3 Å². The Hall–Kier alpha value is -1.34. The molecule has 0 aliphatic carbocycles. The lowest BCUT2D eigenvalue weighted by atomic mass is 9.82. The first kappa shape index (κ1) is 18.0. The highest BCUT2D eigenvalue weighted by Gasteiger charge is 2.27. The highest BCUT2D eigenvalue weighted by atomic mass is 32.2. The van der Waals surface area contributed by atoms with Crippen molar-refractivity contribution in [3.8, 4) is 10.8 Å². The van der Waals surface area contributed by atoms with Crippen LogP contribution in [0.3, 0.4) is 0 Å². The van der Waals surface area contributed by atoms with Gasteiger partial charge in [-0.3, -0.25) is 4.79 Å². The number of hydrogen-bond donors (Lipinski definition) is 1. The molecule has 0 aliphatic heterocycles. The van der Waals surface area contributed by atoms with Crippen molar-refractivity contribution in [2.45, 2.75) is 51.8 Å². The number of thiophene rings is 1. The van der Waals surface area contributed by atoms with Crippen LogP contribution in [0.25, 0.3) is 10.8 Å². The molecule has 23 heavy (non-hydrogen) atoms. The molecule has 0 aliphatic rings. The van der Waals surface area contributed by atoms with E-state index in [4.69, 9.17) is 4.42 Å². The Bertz CT molecular complexity index is 643. The topological polar surface area (TPSA) is 68.0 Å². The molecule has 0 radical (unpaired) electrons.